The van der Waals surface area contributed by atoms with Crippen LogP contribution >= 0.6 is 11.3 Å². The molecule has 132 valence electrons. The average Bonchev–Trinajstić information content (AvgIpc) is 3.06. The summed E-state index contributed by atoms with van der Waals surface area (Å²) >= 11 is 1.64. The lowest BCUT2D eigenvalue weighted by molar-refractivity contribution is -0.147. The van der Waals surface area contributed by atoms with Gasteiger partial charge in [-0.15, -0.1) is 11.3 Å². The largest absolute Gasteiger partial charge is 0.462 e. The van der Waals surface area contributed by atoms with Gasteiger partial charge < -0.3 is 9.47 Å². The monoisotopic (exact) mass is 358 g/mol. The minimum atomic E-state index is -0.577. The van der Waals surface area contributed by atoms with Gasteiger partial charge in [-0.25, -0.2) is 9.59 Å². The van der Waals surface area contributed by atoms with E-state index in [2.05, 4.69) is 6.58 Å². The molecule has 2 rings (SSSR count). The molecule has 0 aliphatic heterocycles. The summed E-state index contributed by atoms with van der Waals surface area (Å²) < 4.78 is 10.6. The lowest BCUT2D eigenvalue weighted by atomic mass is 10.1. The molecule has 2 aromatic rings. The normalized spacial score (nSPS) is 11.0. The summed E-state index contributed by atoms with van der Waals surface area (Å²) in [5, 5.41) is 1.99. The molecular formula is C20H22O4S. The second-order valence-electron chi connectivity index (χ2n) is 6.52. The van der Waals surface area contributed by atoms with E-state index in [0.717, 1.165) is 0 Å². The van der Waals surface area contributed by atoms with Gasteiger partial charge in [-0.05, 0) is 49.9 Å². The molecule has 1 aromatic heterocycles. The van der Waals surface area contributed by atoms with Crippen LogP contribution in [0.1, 0.15) is 41.6 Å². The number of carbonyl (C=O) groups excluding carboxylic acids is 2. The Morgan fingerprint density at radius 2 is 1.72 bits per heavy atom. The minimum absolute atomic E-state index is 0.257. The van der Waals surface area contributed by atoms with Crippen molar-refractivity contribution in [2.75, 3.05) is 6.61 Å². The molecule has 25 heavy (non-hydrogen) atoms. The Kier molecular flexibility index (Phi) is 6.15. The van der Waals surface area contributed by atoms with E-state index in [-0.39, 0.29) is 11.5 Å². The molecule has 0 fully saturated rings. The van der Waals surface area contributed by atoms with Gasteiger partial charge in [-0.3, -0.25) is 0 Å². The maximum atomic E-state index is 12.0. The molecule has 0 spiro atoms. The second-order valence-corrected chi connectivity index (χ2v) is 7.56. The van der Waals surface area contributed by atoms with E-state index in [4.69, 9.17) is 9.47 Å². The Morgan fingerprint density at radius 3 is 2.28 bits per heavy atom. The van der Waals surface area contributed by atoms with Crippen LogP contribution in [0.25, 0.3) is 5.57 Å². The highest BCUT2D eigenvalue weighted by Gasteiger charge is 2.19. The van der Waals surface area contributed by atoms with Crippen LogP contribution in [0, 0.1) is 0 Å². The van der Waals surface area contributed by atoms with Gasteiger partial charge in [-0.1, -0.05) is 24.8 Å². The van der Waals surface area contributed by atoms with Crippen LogP contribution in [0.3, 0.4) is 0 Å². The van der Waals surface area contributed by atoms with Gasteiger partial charge in [-0.2, -0.15) is 0 Å². The van der Waals surface area contributed by atoms with Crippen LogP contribution in [0.4, 0.5) is 0 Å². The SMILES string of the molecule is C=C(C(=O)OC(C)(C)C)c1ccc(C(=O)OCCc2cccs2)cc1. The van der Waals surface area contributed by atoms with Crippen LogP contribution in [-0.4, -0.2) is 24.1 Å². The Bertz CT molecular complexity index is 737. The van der Waals surface area contributed by atoms with Gasteiger partial charge >= 0.3 is 11.9 Å². The predicted octanol–water partition coefficient (Wildman–Crippen LogP) is 4.50. The number of hydrogen-bond donors (Lipinski definition) is 0. The molecule has 0 aliphatic carbocycles. The smallest absolute Gasteiger partial charge is 0.338 e. The van der Waals surface area contributed by atoms with Crippen LogP contribution in [-0.2, 0) is 20.7 Å². The van der Waals surface area contributed by atoms with Gasteiger partial charge in [0.05, 0.1) is 17.7 Å². The molecule has 0 saturated heterocycles. The number of benzene rings is 1. The standard InChI is InChI=1S/C20H22O4S/c1-14(18(21)24-20(2,3)4)15-7-9-16(10-8-15)19(22)23-12-11-17-6-5-13-25-17/h5-10,13H,1,11-12H2,2-4H3. The van der Waals surface area contributed by atoms with E-state index in [9.17, 15) is 9.59 Å². The van der Waals surface area contributed by atoms with Gasteiger partial charge in [0.15, 0.2) is 0 Å². The van der Waals surface area contributed by atoms with E-state index in [1.54, 1.807) is 56.4 Å². The maximum absolute atomic E-state index is 12.0. The first kappa shape index (κ1) is 18.9. The summed E-state index contributed by atoms with van der Waals surface area (Å²) in [5.74, 6) is -0.857. The highest BCUT2D eigenvalue weighted by Crippen LogP contribution is 2.19. The lowest BCUT2D eigenvalue weighted by Crippen LogP contribution is -2.24. The van der Waals surface area contributed by atoms with Crippen molar-refractivity contribution in [2.45, 2.75) is 32.8 Å². The molecule has 0 unspecified atom stereocenters. The molecule has 1 heterocycles. The summed E-state index contributed by atoms with van der Waals surface area (Å²) in [4.78, 5) is 25.2. The maximum Gasteiger partial charge on any atom is 0.338 e. The average molecular weight is 358 g/mol. The molecule has 0 amide bonds. The fourth-order valence-corrected chi connectivity index (χ4v) is 2.74. The van der Waals surface area contributed by atoms with Crippen molar-refractivity contribution in [3.8, 4) is 0 Å². The molecular weight excluding hydrogens is 336 g/mol. The Balaban J connectivity index is 1.91. The number of esters is 2. The third-order valence-electron chi connectivity index (χ3n) is 3.28. The van der Waals surface area contributed by atoms with E-state index >= 15 is 0 Å². The zero-order valence-electron chi connectivity index (χ0n) is 14.7. The van der Waals surface area contributed by atoms with Crippen molar-refractivity contribution in [1.29, 1.82) is 0 Å². The predicted molar refractivity (Wildman–Crippen MR) is 99.6 cm³/mol. The lowest BCUT2D eigenvalue weighted by Gasteiger charge is -2.20. The summed E-state index contributed by atoms with van der Waals surface area (Å²) in [7, 11) is 0. The number of thiophene rings is 1. The molecule has 4 nitrogen and oxygen atoms in total. The molecule has 5 heteroatoms. The van der Waals surface area contributed by atoms with Crippen molar-refractivity contribution >= 4 is 28.8 Å². The zero-order chi connectivity index (χ0) is 18.4. The summed E-state index contributed by atoms with van der Waals surface area (Å²) in [6.45, 7) is 9.51. The van der Waals surface area contributed by atoms with E-state index in [0.29, 0.717) is 24.2 Å². The summed E-state index contributed by atoms with van der Waals surface area (Å²) in [6.07, 6.45) is 0.705. The molecule has 1 aromatic carbocycles. The number of ether oxygens (including phenoxy) is 2. The second kappa shape index (κ2) is 8.12. The van der Waals surface area contributed by atoms with Crippen molar-refractivity contribution < 1.29 is 19.1 Å². The van der Waals surface area contributed by atoms with Gasteiger partial charge in [0.1, 0.15) is 5.60 Å². The van der Waals surface area contributed by atoms with E-state index in [1.807, 2.05) is 17.5 Å². The highest BCUT2D eigenvalue weighted by atomic mass is 32.1. The van der Waals surface area contributed by atoms with Crippen molar-refractivity contribution in [2.24, 2.45) is 0 Å². The molecule has 0 aliphatic rings. The molecule has 0 atom stereocenters. The third kappa shape index (κ3) is 5.87. The topological polar surface area (TPSA) is 52.6 Å². The van der Waals surface area contributed by atoms with E-state index < -0.39 is 11.6 Å². The molecule has 0 saturated carbocycles. The third-order valence-corrected chi connectivity index (χ3v) is 4.21. The Hall–Kier alpha value is -2.40. The molecule has 0 N–H and O–H groups in total. The summed E-state index contributed by atoms with van der Waals surface area (Å²) in [5.41, 5.74) is 0.732. The van der Waals surface area contributed by atoms with Gasteiger partial charge in [0.25, 0.3) is 0 Å². The zero-order valence-corrected chi connectivity index (χ0v) is 15.5. The molecule has 0 radical (unpaired) electrons. The van der Waals surface area contributed by atoms with Crippen LogP contribution < -0.4 is 0 Å². The van der Waals surface area contributed by atoms with E-state index in [1.165, 1.54) is 4.88 Å². The Labute approximate surface area is 152 Å². The van der Waals surface area contributed by atoms with Crippen molar-refractivity contribution in [3.63, 3.8) is 0 Å². The summed E-state index contributed by atoms with van der Waals surface area (Å²) in [6, 6.07) is 10.6. The first-order chi connectivity index (χ1) is 11.8. The van der Waals surface area contributed by atoms with Crippen LogP contribution in [0.2, 0.25) is 0 Å². The quantitative estimate of drug-likeness (QED) is 0.563. The highest BCUT2D eigenvalue weighted by molar-refractivity contribution is 7.09. The number of hydrogen-bond acceptors (Lipinski definition) is 5. The van der Waals surface area contributed by atoms with Crippen molar-refractivity contribution in [1.82, 2.24) is 0 Å². The molecule has 0 bridgehead atoms. The first-order valence-electron chi connectivity index (χ1n) is 7.98. The first-order valence-corrected chi connectivity index (χ1v) is 8.86. The number of rotatable bonds is 6. The van der Waals surface area contributed by atoms with Crippen molar-refractivity contribution in [3.05, 3.63) is 64.4 Å². The van der Waals surface area contributed by atoms with Gasteiger partial charge in [0, 0.05) is 11.3 Å². The fourth-order valence-electron chi connectivity index (χ4n) is 2.05. The minimum Gasteiger partial charge on any atom is -0.462 e. The van der Waals surface area contributed by atoms with Gasteiger partial charge in [0.2, 0.25) is 0 Å². The number of carbonyl (C=O) groups is 2. The van der Waals surface area contributed by atoms with Crippen LogP contribution in [0.15, 0.2) is 48.4 Å². The van der Waals surface area contributed by atoms with Crippen LogP contribution in [0.5, 0.6) is 0 Å². The fraction of sp³-hybridized carbons (Fsp3) is 0.300. The Morgan fingerprint density at radius 1 is 1.08 bits per heavy atom.